The van der Waals surface area contributed by atoms with E-state index < -0.39 is 17.7 Å². The van der Waals surface area contributed by atoms with Crippen LogP contribution in [-0.4, -0.2) is 40.5 Å². The maximum atomic E-state index is 10.7. The Morgan fingerprint density at radius 1 is 0.880 bits per heavy atom. The van der Waals surface area contributed by atoms with Crippen LogP contribution >= 0.6 is 0 Å². The van der Waals surface area contributed by atoms with E-state index in [2.05, 4.69) is 6.92 Å². The standard InChI is InChI=1S/C20H37NO4/c1-2-3-4-5-6-7-8-9-10-11-12-13-14-15-18(24)19(21)20(25,16-22)17-23/h14-19,24-25H,2-13,21H2,1H3/b15-14+. The molecule has 2 unspecified atom stereocenters. The number of hydrogen-bond donors (Lipinski definition) is 3. The highest BCUT2D eigenvalue weighted by Gasteiger charge is 2.37. The van der Waals surface area contributed by atoms with E-state index in [1.165, 1.54) is 63.9 Å². The molecule has 4 N–H and O–H groups in total. The molecule has 0 rings (SSSR count). The van der Waals surface area contributed by atoms with E-state index in [9.17, 15) is 19.8 Å². The molecular formula is C20H37NO4. The van der Waals surface area contributed by atoms with Crippen LogP contribution in [0.15, 0.2) is 12.2 Å². The van der Waals surface area contributed by atoms with Gasteiger partial charge in [0, 0.05) is 0 Å². The molecule has 146 valence electrons. The summed E-state index contributed by atoms with van der Waals surface area (Å²) in [5.41, 5.74) is 3.22. The fourth-order valence-corrected chi connectivity index (χ4v) is 2.74. The van der Waals surface area contributed by atoms with E-state index in [0.717, 1.165) is 19.3 Å². The van der Waals surface area contributed by atoms with Crippen LogP contribution < -0.4 is 5.73 Å². The van der Waals surface area contributed by atoms with Gasteiger partial charge < -0.3 is 15.9 Å². The molecule has 0 aromatic rings. The van der Waals surface area contributed by atoms with Gasteiger partial charge in [-0.05, 0) is 12.8 Å². The summed E-state index contributed by atoms with van der Waals surface area (Å²) in [6.45, 7) is 2.24. The Hall–Kier alpha value is -1.04. The van der Waals surface area contributed by atoms with Crippen molar-refractivity contribution in [3.05, 3.63) is 12.2 Å². The normalized spacial score (nSPS) is 14.6. The van der Waals surface area contributed by atoms with Gasteiger partial charge in [-0.2, -0.15) is 0 Å². The van der Waals surface area contributed by atoms with E-state index in [4.69, 9.17) is 5.73 Å². The van der Waals surface area contributed by atoms with E-state index in [0.29, 0.717) is 0 Å². The number of aliphatic hydroxyl groups is 2. The molecule has 0 spiro atoms. The van der Waals surface area contributed by atoms with Gasteiger partial charge in [0.05, 0.1) is 12.1 Å². The summed E-state index contributed by atoms with van der Waals surface area (Å²) in [5.74, 6) is 0. The molecule has 0 saturated carbocycles. The zero-order valence-corrected chi connectivity index (χ0v) is 15.7. The lowest BCUT2D eigenvalue weighted by molar-refractivity contribution is -0.139. The molecule has 0 amide bonds. The second-order valence-corrected chi connectivity index (χ2v) is 6.89. The van der Waals surface area contributed by atoms with Crippen LogP contribution in [0.3, 0.4) is 0 Å². The first-order valence-electron chi connectivity index (χ1n) is 9.77. The van der Waals surface area contributed by atoms with Gasteiger partial charge in [-0.3, -0.25) is 9.59 Å². The number of carbonyl (C=O) groups excluding carboxylic acids is 2. The number of rotatable bonds is 17. The van der Waals surface area contributed by atoms with Crippen molar-refractivity contribution in [2.45, 2.75) is 102 Å². The quantitative estimate of drug-likeness (QED) is 0.161. The van der Waals surface area contributed by atoms with Crippen molar-refractivity contribution in [3.63, 3.8) is 0 Å². The van der Waals surface area contributed by atoms with Gasteiger partial charge in [0.1, 0.15) is 0 Å². The van der Waals surface area contributed by atoms with Gasteiger partial charge in [-0.15, -0.1) is 0 Å². The topological polar surface area (TPSA) is 101 Å². The maximum absolute atomic E-state index is 10.7. The van der Waals surface area contributed by atoms with Gasteiger partial charge in [-0.1, -0.05) is 83.3 Å². The number of unbranched alkanes of at least 4 members (excludes halogenated alkanes) is 11. The zero-order chi connectivity index (χ0) is 19.0. The molecular weight excluding hydrogens is 318 g/mol. The summed E-state index contributed by atoms with van der Waals surface area (Å²) < 4.78 is 0. The number of aliphatic hydroxyl groups excluding tert-OH is 1. The van der Waals surface area contributed by atoms with Crippen molar-refractivity contribution in [1.29, 1.82) is 0 Å². The first-order valence-corrected chi connectivity index (χ1v) is 9.77. The van der Waals surface area contributed by atoms with Crippen molar-refractivity contribution in [2.24, 2.45) is 5.73 Å². The highest BCUT2D eigenvalue weighted by atomic mass is 16.3. The number of hydrogen-bond acceptors (Lipinski definition) is 5. The molecule has 0 aliphatic heterocycles. The second kappa shape index (κ2) is 15.2. The largest absolute Gasteiger partial charge is 0.387 e. The van der Waals surface area contributed by atoms with Crippen LogP contribution in [0.1, 0.15) is 84.0 Å². The minimum Gasteiger partial charge on any atom is -0.387 e. The van der Waals surface area contributed by atoms with E-state index >= 15 is 0 Å². The predicted molar refractivity (Wildman–Crippen MR) is 101 cm³/mol. The molecule has 25 heavy (non-hydrogen) atoms. The Kier molecular flexibility index (Phi) is 14.6. The molecule has 0 radical (unpaired) electrons. The van der Waals surface area contributed by atoms with Crippen molar-refractivity contribution < 1.29 is 19.8 Å². The van der Waals surface area contributed by atoms with Gasteiger partial charge >= 0.3 is 0 Å². The average Bonchev–Trinajstić information content (AvgIpc) is 2.63. The molecule has 0 aromatic heterocycles. The molecule has 2 atom stereocenters. The number of allylic oxidation sites excluding steroid dienone is 1. The number of nitrogens with two attached hydrogens (primary N) is 1. The highest BCUT2D eigenvalue weighted by Crippen LogP contribution is 2.13. The Labute approximate surface area is 152 Å². The minimum absolute atomic E-state index is 0.0610. The lowest BCUT2D eigenvalue weighted by atomic mass is 9.93. The third-order valence-corrected chi connectivity index (χ3v) is 4.59. The first-order chi connectivity index (χ1) is 12.0. The summed E-state index contributed by atoms with van der Waals surface area (Å²) in [5, 5.41) is 19.4. The molecule has 0 saturated heterocycles. The Morgan fingerprint density at radius 3 is 1.76 bits per heavy atom. The van der Waals surface area contributed by atoms with Crippen LogP contribution in [0.2, 0.25) is 0 Å². The molecule has 0 heterocycles. The lowest BCUT2D eigenvalue weighted by Crippen LogP contribution is -2.56. The lowest BCUT2D eigenvalue weighted by Gasteiger charge is -2.25. The molecule has 0 aliphatic rings. The summed E-state index contributed by atoms with van der Waals surface area (Å²) in [6, 6.07) is -1.35. The van der Waals surface area contributed by atoms with E-state index in [-0.39, 0.29) is 12.6 Å². The molecule has 0 aliphatic carbocycles. The van der Waals surface area contributed by atoms with Crippen LogP contribution in [0.5, 0.6) is 0 Å². The third-order valence-electron chi connectivity index (χ3n) is 4.59. The van der Waals surface area contributed by atoms with Gasteiger partial charge in [0.2, 0.25) is 0 Å². The van der Waals surface area contributed by atoms with Crippen molar-refractivity contribution in [2.75, 3.05) is 0 Å². The zero-order valence-electron chi connectivity index (χ0n) is 15.7. The summed E-state index contributed by atoms with van der Waals surface area (Å²) in [6.07, 6.45) is 17.0. The van der Waals surface area contributed by atoms with Crippen LogP contribution in [-0.2, 0) is 9.59 Å². The number of carbonyl (C=O) groups is 2. The fraction of sp³-hybridized carbons (Fsp3) is 0.800. The Morgan fingerprint density at radius 2 is 1.32 bits per heavy atom. The van der Waals surface area contributed by atoms with Crippen LogP contribution in [0.4, 0.5) is 0 Å². The molecule has 5 nitrogen and oxygen atoms in total. The first kappa shape index (κ1) is 24.0. The summed E-state index contributed by atoms with van der Waals surface area (Å²) in [7, 11) is 0. The van der Waals surface area contributed by atoms with Gasteiger partial charge in [0.25, 0.3) is 0 Å². The molecule has 0 bridgehead atoms. The SMILES string of the molecule is CCCCCCCCCCCCC/C=C/C(O)C(N)C(O)(C=O)C=O. The monoisotopic (exact) mass is 355 g/mol. The van der Waals surface area contributed by atoms with Crippen molar-refractivity contribution in [1.82, 2.24) is 0 Å². The van der Waals surface area contributed by atoms with Crippen LogP contribution in [0, 0.1) is 0 Å². The highest BCUT2D eigenvalue weighted by molar-refractivity contribution is 5.88. The molecule has 0 aromatic carbocycles. The van der Waals surface area contributed by atoms with Gasteiger partial charge in [-0.25, -0.2) is 0 Å². The summed E-state index contributed by atoms with van der Waals surface area (Å²) >= 11 is 0. The van der Waals surface area contributed by atoms with Crippen LogP contribution in [0.25, 0.3) is 0 Å². The fourth-order valence-electron chi connectivity index (χ4n) is 2.74. The minimum atomic E-state index is -2.33. The van der Waals surface area contributed by atoms with Crippen molar-refractivity contribution in [3.8, 4) is 0 Å². The Bertz CT molecular complexity index is 363. The Balaban J connectivity index is 3.63. The molecule has 0 fully saturated rings. The summed E-state index contributed by atoms with van der Waals surface area (Å²) in [4.78, 5) is 21.4. The molecule has 5 heteroatoms. The van der Waals surface area contributed by atoms with Crippen molar-refractivity contribution >= 4 is 12.6 Å². The number of aldehydes is 2. The smallest absolute Gasteiger partial charge is 0.193 e. The third kappa shape index (κ3) is 11.2. The second-order valence-electron chi connectivity index (χ2n) is 6.89. The maximum Gasteiger partial charge on any atom is 0.193 e. The van der Waals surface area contributed by atoms with Gasteiger partial charge in [0.15, 0.2) is 18.2 Å². The predicted octanol–water partition coefficient (Wildman–Crippen LogP) is 3.06. The van der Waals surface area contributed by atoms with E-state index in [1.54, 1.807) is 6.08 Å². The van der Waals surface area contributed by atoms with E-state index in [1.807, 2.05) is 0 Å². The average molecular weight is 356 g/mol.